The van der Waals surface area contributed by atoms with Crippen LogP contribution in [0, 0.1) is 0 Å². The van der Waals surface area contributed by atoms with Gasteiger partial charge in [0.2, 0.25) is 0 Å². The fourth-order valence-corrected chi connectivity index (χ4v) is 1.08. The van der Waals surface area contributed by atoms with E-state index in [1.54, 1.807) is 6.07 Å². The summed E-state index contributed by atoms with van der Waals surface area (Å²) in [5.74, 6) is 0.127. The molecule has 0 spiro atoms. The van der Waals surface area contributed by atoms with Crippen molar-refractivity contribution in [1.29, 1.82) is 0 Å². The van der Waals surface area contributed by atoms with E-state index in [0.717, 1.165) is 0 Å². The summed E-state index contributed by atoms with van der Waals surface area (Å²) in [5, 5.41) is 0. The van der Waals surface area contributed by atoms with E-state index in [9.17, 15) is 8.42 Å². The van der Waals surface area contributed by atoms with Crippen molar-refractivity contribution >= 4 is 10.4 Å². The Morgan fingerprint density at radius 1 is 1.50 bits per heavy atom. The van der Waals surface area contributed by atoms with Crippen LogP contribution in [0.2, 0.25) is 0 Å². The van der Waals surface area contributed by atoms with Crippen LogP contribution in [0.1, 0.15) is 25.5 Å². The van der Waals surface area contributed by atoms with Crippen molar-refractivity contribution in [3.63, 3.8) is 0 Å². The molecule has 0 atom stereocenters. The van der Waals surface area contributed by atoms with Gasteiger partial charge in [0.1, 0.15) is 0 Å². The van der Waals surface area contributed by atoms with Gasteiger partial charge in [0.15, 0.2) is 0 Å². The third-order valence-electron chi connectivity index (χ3n) is 1.43. The van der Waals surface area contributed by atoms with Crippen LogP contribution in [0.3, 0.4) is 0 Å². The summed E-state index contributed by atoms with van der Waals surface area (Å²) >= 11 is 0. The summed E-state index contributed by atoms with van der Waals surface area (Å²) in [5.41, 5.74) is 0.638. The minimum absolute atomic E-state index is 0.127. The van der Waals surface area contributed by atoms with E-state index >= 15 is 0 Å². The molecule has 1 heterocycles. The molecule has 0 saturated carbocycles. The van der Waals surface area contributed by atoms with Gasteiger partial charge in [-0.1, -0.05) is 13.8 Å². The van der Waals surface area contributed by atoms with Crippen molar-refractivity contribution in [1.82, 2.24) is 9.97 Å². The Morgan fingerprint density at radius 3 is 2.64 bits per heavy atom. The van der Waals surface area contributed by atoms with Gasteiger partial charge in [-0.05, 0) is 12.0 Å². The molecule has 0 aromatic carbocycles. The van der Waals surface area contributed by atoms with Crippen LogP contribution in [-0.4, -0.2) is 22.9 Å². The minimum Gasteiger partial charge on any atom is -0.322 e. The number of hydrogen-bond acceptors (Lipinski definition) is 5. The van der Waals surface area contributed by atoms with Gasteiger partial charge in [-0.2, -0.15) is 13.4 Å². The molecular formula is C7H10N2O4S. The molecule has 14 heavy (non-hydrogen) atoms. The van der Waals surface area contributed by atoms with Crippen molar-refractivity contribution in [3.05, 3.63) is 18.0 Å². The largest absolute Gasteiger partial charge is 0.449 e. The van der Waals surface area contributed by atoms with Crippen molar-refractivity contribution < 1.29 is 17.2 Å². The highest BCUT2D eigenvalue weighted by Crippen LogP contribution is 2.13. The molecule has 7 heteroatoms. The summed E-state index contributed by atoms with van der Waals surface area (Å²) in [4.78, 5) is 7.32. The van der Waals surface area contributed by atoms with E-state index in [2.05, 4.69) is 14.2 Å². The van der Waals surface area contributed by atoms with Crippen molar-refractivity contribution in [2.45, 2.75) is 19.8 Å². The monoisotopic (exact) mass is 218 g/mol. The molecular weight excluding hydrogens is 208 g/mol. The zero-order chi connectivity index (χ0) is 10.8. The summed E-state index contributed by atoms with van der Waals surface area (Å²) in [6.07, 6.45) is 1.36. The lowest BCUT2D eigenvalue weighted by molar-refractivity contribution is 0.373. The second-order valence-corrected chi connectivity index (χ2v) is 3.95. The Balaban J connectivity index is 2.95. The number of hydrogen-bond donors (Lipinski definition) is 1. The van der Waals surface area contributed by atoms with Crippen molar-refractivity contribution in [2.24, 2.45) is 0 Å². The third-order valence-corrected chi connectivity index (χ3v) is 1.79. The first kappa shape index (κ1) is 10.9. The standard InChI is InChI=1S/C7H10N2O4S/c1-5(2)6-3-4-8-7(9-6)13-14(10,11)12/h3-5H,1-2H3,(H,10,11,12). The fraction of sp³-hybridized carbons (Fsp3) is 0.429. The number of nitrogens with zero attached hydrogens (tertiary/aromatic N) is 2. The lowest BCUT2D eigenvalue weighted by Crippen LogP contribution is -2.10. The van der Waals surface area contributed by atoms with E-state index in [1.165, 1.54) is 6.20 Å². The van der Waals surface area contributed by atoms with E-state index in [-0.39, 0.29) is 11.9 Å². The Labute approximate surface area is 81.9 Å². The lowest BCUT2D eigenvalue weighted by atomic mass is 10.1. The quantitative estimate of drug-likeness (QED) is 0.754. The highest BCUT2D eigenvalue weighted by molar-refractivity contribution is 7.81. The van der Waals surface area contributed by atoms with Crippen LogP contribution < -0.4 is 4.18 Å². The predicted octanol–water partition coefficient (Wildman–Crippen LogP) is 0.782. The normalized spacial score (nSPS) is 11.7. The van der Waals surface area contributed by atoms with E-state index in [1.807, 2.05) is 13.8 Å². The predicted molar refractivity (Wildman–Crippen MR) is 48.3 cm³/mol. The lowest BCUT2D eigenvalue weighted by Gasteiger charge is -2.04. The molecule has 0 bridgehead atoms. The zero-order valence-corrected chi connectivity index (χ0v) is 8.52. The topological polar surface area (TPSA) is 89.4 Å². The molecule has 0 fully saturated rings. The molecule has 0 saturated heterocycles. The Kier molecular flexibility index (Phi) is 3.02. The smallest absolute Gasteiger partial charge is 0.322 e. The zero-order valence-electron chi connectivity index (χ0n) is 7.71. The van der Waals surface area contributed by atoms with Gasteiger partial charge in [0.05, 0.1) is 5.69 Å². The third kappa shape index (κ3) is 3.27. The molecule has 1 N–H and O–H groups in total. The molecule has 1 rings (SSSR count). The SMILES string of the molecule is CC(C)c1ccnc(OS(=O)(=O)O)n1. The molecule has 0 unspecified atom stereocenters. The summed E-state index contributed by atoms with van der Waals surface area (Å²) < 4.78 is 33.1. The second kappa shape index (κ2) is 3.89. The fourth-order valence-electron chi connectivity index (χ4n) is 0.810. The second-order valence-electron chi connectivity index (χ2n) is 2.93. The first-order valence-corrected chi connectivity index (χ1v) is 5.25. The summed E-state index contributed by atoms with van der Waals surface area (Å²) in [6, 6.07) is 1.26. The molecule has 1 aromatic rings. The highest BCUT2D eigenvalue weighted by atomic mass is 32.3. The first-order valence-electron chi connectivity index (χ1n) is 3.88. The van der Waals surface area contributed by atoms with Crippen molar-refractivity contribution in [2.75, 3.05) is 0 Å². The van der Waals surface area contributed by atoms with Gasteiger partial charge in [-0.15, -0.1) is 0 Å². The molecule has 1 aromatic heterocycles. The average Bonchev–Trinajstić information content (AvgIpc) is 2.01. The maximum absolute atomic E-state index is 10.3. The molecule has 78 valence electrons. The maximum Gasteiger partial charge on any atom is 0.449 e. The van der Waals surface area contributed by atoms with E-state index in [4.69, 9.17) is 4.55 Å². The van der Waals surface area contributed by atoms with Gasteiger partial charge in [0, 0.05) is 6.20 Å². The Morgan fingerprint density at radius 2 is 2.14 bits per heavy atom. The molecule has 0 aliphatic carbocycles. The molecule has 0 aliphatic rings. The van der Waals surface area contributed by atoms with Crippen LogP contribution in [-0.2, 0) is 10.4 Å². The van der Waals surface area contributed by atoms with Crippen LogP contribution in [0.4, 0.5) is 0 Å². The minimum atomic E-state index is -4.54. The van der Waals surface area contributed by atoms with Gasteiger partial charge in [-0.25, -0.2) is 4.98 Å². The van der Waals surface area contributed by atoms with Gasteiger partial charge in [-0.3, -0.25) is 4.55 Å². The highest BCUT2D eigenvalue weighted by Gasteiger charge is 2.10. The van der Waals surface area contributed by atoms with E-state index in [0.29, 0.717) is 5.69 Å². The maximum atomic E-state index is 10.3. The average molecular weight is 218 g/mol. The first-order chi connectivity index (χ1) is 6.38. The van der Waals surface area contributed by atoms with E-state index < -0.39 is 10.4 Å². The van der Waals surface area contributed by atoms with Gasteiger partial charge in [0.25, 0.3) is 0 Å². The van der Waals surface area contributed by atoms with Crippen LogP contribution in [0.15, 0.2) is 12.3 Å². The van der Waals surface area contributed by atoms with Crippen molar-refractivity contribution in [3.8, 4) is 6.01 Å². The molecule has 0 amide bonds. The van der Waals surface area contributed by atoms with Crippen LogP contribution in [0.5, 0.6) is 6.01 Å². The Hall–Kier alpha value is -1.21. The van der Waals surface area contributed by atoms with Crippen LogP contribution in [0.25, 0.3) is 0 Å². The Bertz CT molecular complexity index is 415. The molecule has 6 nitrogen and oxygen atoms in total. The molecule has 0 aliphatic heterocycles. The molecule has 0 radical (unpaired) electrons. The number of aromatic nitrogens is 2. The summed E-state index contributed by atoms with van der Waals surface area (Å²) in [7, 11) is -4.54. The van der Waals surface area contributed by atoms with Crippen LogP contribution >= 0.6 is 0 Å². The van der Waals surface area contributed by atoms with Gasteiger partial charge < -0.3 is 4.18 Å². The van der Waals surface area contributed by atoms with Gasteiger partial charge >= 0.3 is 16.4 Å². The number of rotatable bonds is 3. The summed E-state index contributed by atoms with van der Waals surface area (Å²) in [6.45, 7) is 3.78.